The Morgan fingerprint density at radius 1 is 1.58 bits per heavy atom. The van der Waals surface area contributed by atoms with E-state index in [0.29, 0.717) is 12.3 Å². The van der Waals surface area contributed by atoms with Gasteiger partial charge < -0.3 is 0 Å². The van der Waals surface area contributed by atoms with E-state index < -0.39 is 10.1 Å². The molecule has 0 heterocycles. The van der Waals surface area contributed by atoms with Crippen molar-refractivity contribution in [2.75, 3.05) is 0 Å². The highest BCUT2D eigenvalue weighted by molar-refractivity contribution is 7.90. The third kappa shape index (κ3) is 1.95. The van der Waals surface area contributed by atoms with E-state index in [9.17, 15) is 8.42 Å². The standard InChI is InChI=1S/C8H12O3S/c1-6-3-4-8(7(2)5-6)12(9,10)11/h3-4,6H,5H2,1-2H3,(H,9,10,11). The minimum Gasteiger partial charge on any atom is -0.282 e. The maximum absolute atomic E-state index is 10.7. The monoisotopic (exact) mass is 188 g/mol. The molecule has 0 aliphatic heterocycles. The molecule has 0 saturated heterocycles. The van der Waals surface area contributed by atoms with Crippen LogP contribution in [0, 0.1) is 5.92 Å². The molecule has 1 unspecified atom stereocenters. The molecule has 1 aliphatic rings. The van der Waals surface area contributed by atoms with E-state index >= 15 is 0 Å². The van der Waals surface area contributed by atoms with E-state index in [-0.39, 0.29) is 4.91 Å². The van der Waals surface area contributed by atoms with Crippen LogP contribution >= 0.6 is 0 Å². The van der Waals surface area contributed by atoms with Crippen LogP contribution in [0.5, 0.6) is 0 Å². The summed E-state index contributed by atoms with van der Waals surface area (Å²) in [6.07, 6.45) is 3.96. The van der Waals surface area contributed by atoms with E-state index in [1.165, 1.54) is 6.08 Å². The Morgan fingerprint density at radius 3 is 2.58 bits per heavy atom. The van der Waals surface area contributed by atoms with Crippen molar-refractivity contribution in [1.82, 2.24) is 0 Å². The molecule has 0 aromatic carbocycles. The van der Waals surface area contributed by atoms with Crippen molar-refractivity contribution >= 4 is 10.1 Å². The summed E-state index contributed by atoms with van der Waals surface area (Å²) in [5, 5.41) is 0. The summed E-state index contributed by atoms with van der Waals surface area (Å²) < 4.78 is 30.3. The van der Waals surface area contributed by atoms with Gasteiger partial charge in [-0.2, -0.15) is 8.42 Å². The van der Waals surface area contributed by atoms with Gasteiger partial charge in [-0.15, -0.1) is 0 Å². The smallest absolute Gasteiger partial charge is 0.282 e. The second-order valence-electron chi connectivity index (χ2n) is 3.16. The molecule has 1 rings (SSSR count). The molecule has 1 atom stereocenters. The minimum absolute atomic E-state index is 0.0561. The van der Waals surface area contributed by atoms with Crippen molar-refractivity contribution in [1.29, 1.82) is 0 Å². The van der Waals surface area contributed by atoms with Gasteiger partial charge in [-0.25, -0.2) is 0 Å². The maximum atomic E-state index is 10.7. The van der Waals surface area contributed by atoms with Crippen LogP contribution in [0.25, 0.3) is 0 Å². The zero-order valence-corrected chi connectivity index (χ0v) is 7.93. The van der Waals surface area contributed by atoms with Gasteiger partial charge in [0.15, 0.2) is 0 Å². The summed E-state index contributed by atoms with van der Waals surface area (Å²) in [4.78, 5) is 0.0561. The second-order valence-corrected chi connectivity index (χ2v) is 4.55. The fraction of sp³-hybridized carbons (Fsp3) is 0.500. The van der Waals surface area contributed by atoms with Gasteiger partial charge in [0.1, 0.15) is 0 Å². The topological polar surface area (TPSA) is 54.4 Å². The first-order valence-corrected chi connectivity index (χ1v) is 5.20. The van der Waals surface area contributed by atoms with Crippen molar-refractivity contribution in [3.63, 3.8) is 0 Å². The van der Waals surface area contributed by atoms with Gasteiger partial charge in [-0.05, 0) is 25.3 Å². The molecular formula is C8H12O3S. The minimum atomic E-state index is -4.01. The molecule has 4 heteroatoms. The molecule has 3 nitrogen and oxygen atoms in total. The summed E-state index contributed by atoms with van der Waals surface area (Å²) in [6.45, 7) is 3.73. The van der Waals surface area contributed by atoms with Crippen LogP contribution in [0.1, 0.15) is 20.3 Å². The highest BCUT2D eigenvalue weighted by Gasteiger charge is 2.18. The molecule has 1 aliphatic carbocycles. The Labute approximate surface area is 72.5 Å². The molecule has 0 fully saturated rings. The Bertz CT molecular complexity index is 335. The molecule has 0 radical (unpaired) electrons. The van der Waals surface area contributed by atoms with Crippen molar-refractivity contribution in [2.45, 2.75) is 20.3 Å². The molecule has 1 N–H and O–H groups in total. The van der Waals surface area contributed by atoms with E-state index in [2.05, 4.69) is 0 Å². The highest BCUT2D eigenvalue weighted by Crippen LogP contribution is 2.25. The zero-order chi connectivity index (χ0) is 9.35. The van der Waals surface area contributed by atoms with Crippen LogP contribution in [-0.4, -0.2) is 13.0 Å². The normalized spacial score (nSPS) is 24.8. The van der Waals surface area contributed by atoms with E-state index in [1.54, 1.807) is 13.0 Å². The average Bonchev–Trinajstić information content (AvgIpc) is 1.83. The summed E-state index contributed by atoms with van der Waals surface area (Å²) in [7, 11) is -4.01. The number of rotatable bonds is 1. The Balaban J connectivity index is 3.09. The fourth-order valence-electron chi connectivity index (χ4n) is 1.35. The summed E-state index contributed by atoms with van der Waals surface area (Å²) >= 11 is 0. The predicted octanol–water partition coefficient (Wildman–Crippen LogP) is 1.74. The molecule has 0 bridgehead atoms. The molecule has 0 saturated carbocycles. The molecule has 0 amide bonds. The highest BCUT2D eigenvalue weighted by atomic mass is 32.2. The van der Waals surface area contributed by atoms with Gasteiger partial charge in [0, 0.05) is 0 Å². The predicted molar refractivity (Wildman–Crippen MR) is 47.2 cm³/mol. The van der Waals surface area contributed by atoms with Crippen LogP contribution in [0.4, 0.5) is 0 Å². The average molecular weight is 188 g/mol. The molecule has 0 spiro atoms. The Kier molecular flexibility index (Phi) is 2.39. The first-order chi connectivity index (χ1) is 5.41. The lowest BCUT2D eigenvalue weighted by Crippen LogP contribution is -2.08. The molecule has 0 aromatic heterocycles. The second kappa shape index (κ2) is 3.03. The van der Waals surface area contributed by atoms with Crippen molar-refractivity contribution in [3.05, 3.63) is 22.6 Å². The zero-order valence-electron chi connectivity index (χ0n) is 7.11. The van der Waals surface area contributed by atoms with Gasteiger partial charge in [-0.1, -0.05) is 18.6 Å². The quantitative estimate of drug-likeness (QED) is 0.638. The molecule has 68 valence electrons. The van der Waals surface area contributed by atoms with Crippen molar-refractivity contribution in [3.8, 4) is 0 Å². The third-order valence-corrected chi connectivity index (χ3v) is 2.94. The van der Waals surface area contributed by atoms with Crippen LogP contribution in [0.2, 0.25) is 0 Å². The van der Waals surface area contributed by atoms with Crippen molar-refractivity contribution in [2.24, 2.45) is 5.92 Å². The van der Waals surface area contributed by atoms with Crippen LogP contribution in [0.3, 0.4) is 0 Å². The summed E-state index contributed by atoms with van der Waals surface area (Å²) in [6, 6.07) is 0. The van der Waals surface area contributed by atoms with Gasteiger partial charge in [-0.3, -0.25) is 4.55 Å². The first kappa shape index (κ1) is 9.48. The number of hydrogen-bond donors (Lipinski definition) is 1. The van der Waals surface area contributed by atoms with Crippen LogP contribution in [0.15, 0.2) is 22.6 Å². The lowest BCUT2D eigenvalue weighted by atomic mass is 9.97. The number of hydrogen-bond acceptors (Lipinski definition) is 2. The maximum Gasteiger partial charge on any atom is 0.294 e. The third-order valence-electron chi connectivity index (χ3n) is 1.90. The lowest BCUT2D eigenvalue weighted by molar-refractivity contribution is 0.490. The van der Waals surface area contributed by atoms with E-state index in [1.807, 2.05) is 6.92 Å². The number of allylic oxidation sites excluding steroid dienone is 3. The van der Waals surface area contributed by atoms with Gasteiger partial charge >= 0.3 is 0 Å². The Morgan fingerprint density at radius 2 is 2.17 bits per heavy atom. The lowest BCUT2D eigenvalue weighted by Gasteiger charge is -2.14. The first-order valence-electron chi connectivity index (χ1n) is 3.76. The largest absolute Gasteiger partial charge is 0.294 e. The van der Waals surface area contributed by atoms with Gasteiger partial charge in [0.2, 0.25) is 0 Å². The fourth-order valence-corrected chi connectivity index (χ4v) is 2.13. The summed E-state index contributed by atoms with van der Waals surface area (Å²) in [5.74, 6) is 0.357. The van der Waals surface area contributed by atoms with Crippen LogP contribution < -0.4 is 0 Å². The molecule has 0 aromatic rings. The van der Waals surface area contributed by atoms with Crippen molar-refractivity contribution < 1.29 is 13.0 Å². The van der Waals surface area contributed by atoms with E-state index in [4.69, 9.17) is 4.55 Å². The summed E-state index contributed by atoms with van der Waals surface area (Å²) in [5.41, 5.74) is 0.729. The van der Waals surface area contributed by atoms with Gasteiger partial charge in [0.25, 0.3) is 10.1 Å². The molecule has 12 heavy (non-hydrogen) atoms. The van der Waals surface area contributed by atoms with Crippen LogP contribution in [-0.2, 0) is 10.1 Å². The Hall–Kier alpha value is -0.610. The SMILES string of the molecule is CC1=C(S(=O)(=O)O)C=CC(C)C1. The van der Waals surface area contributed by atoms with Gasteiger partial charge in [0.05, 0.1) is 4.91 Å². The molecular weight excluding hydrogens is 176 g/mol. The van der Waals surface area contributed by atoms with E-state index in [0.717, 1.165) is 5.57 Å².